The van der Waals surface area contributed by atoms with Crippen molar-refractivity contribution in [1.29, 1.82) is 0 Å². The maximum atomic E-state index is 5.70. The van der Waals surface area contributed by atoms with Crippen LogP contribution in [0.4, 0.5) is 0 Å². The van der Waals surface area contributed by atoms with Crippen molar-refractivity contribution in [2.24, 2.45) is 5.84 Å². The van der Waals surface area contributed by atoms with Gasteiger partial charge in [0.25, 0.3) is 0 Å². The van der Waals surface area contributed by atoms with E-state index in [1.165, 1.54) is 19.8 Å². The standard InChI is InChI=1S/C14H14N2S2/c15-16-12(9-11-5-3-7-17-11)14-8-10-4-1-2-6-13(10)18-14/h1-8,12,16H,9,15H2. The Bertz CT molecular complexity index is 595. The van der Waals surface area contributed by atoms with E-state index in [1.54, 1.807) is 11.3 Å². The third kappa shape index (κ3) is 2.33. The molecule has 0 aliphatic carbocycles. The number of hydrogen-bond acceptors (Lipinski definition) is 4. The van der Waals surface area contributed by atoms with E-state index in [1.807, 2.05) is 11.3 Å². The summed E-state index contributed by atoms with van der Waals surface area (Å²) in [7, 11) is 0. The minimum atomic E-state index is 0.195. The Morgan fingerprint density at radius 1 is 1.17 bits per heavy atom. The molecule has 18 heavy (non-hydrogen) atoms. The van der Waals surface area contributed by atoms with Crippen LogP contribution in [-0.2, 0) is 6.42 Å². The maximum absolute atomic E-state index is 5.70. The van der Waals surface area contributed by atoms with Crippen molar-refractivity contribution in [3.8, 4) is 0 Å². The number of fused-ring (bicyclic) bond motifs is 1. The van der Waals surface area contributed by atoms with E-state index in [4.69, 9.17) is 5.84 Å². The lowest BCUT2D eigenvalue weighted by Gasteiger charge is -2.12. The fourth-order valence-corrected chi connectivity index (χ4v) is 3.92. The molecule has 3 N–H and O–H groups in total. The van der Waals surface area contributed by atoms with E-state index >= 15 is 0 Å². The number of thiophene rings is 2. The van der Waals surface area contributed by atoms with Crippen molar-refractivity contribution < 1.29 is 0 Å². The SMILES string of the molecule is NNC(Cc1cccs1)c1cc2ccccc2s1. The second kappa shape index (κ2) is 5.20. The normalized spacial score (nSPS) is 12.9. The highest BCUT2D eigenvalue weighted by Gasteiger charge is 2.14. The Labute approximate surface area is 114 Å². The van der Waals surface area contributed by atoms with Crippen molar-refractivity contribution in [1.82, 2.24) is 5.43 Å². The molecule has 0 spiro atoms. The molecule has 4 heteroatoms. The van der Waals surface area contributed by atoms with Crippen molar-refractivity contribution in [2.45, 2.75) is 12.5 Å². The van der Waals surface area contributed by atoms with Gasteiger partial charge in [0.15, 0.2) is 0 Å². The first-order valence-corrected chi connectivity index (χ1v) is 7.53. The molecule has 0 amide bonds. The van der Waals surface area contributed by atoms with Gasteiger partial charge >= 0.3 is 0 Å². The Morgan fingerprint density at radius 3 is 2.78 bits per heavy atom. The van der Waals surface area contributed by atoms with Gasteiger partial charge in [-0.15, -0.1) is 22.7 Å². The van der Waals surface area contributed by atoms with Gasteiger partial charge in [0.05, 0.1) is 6.04 Å². The Hall–Kier alpha value is -1.20. The van der Waals surface area contributed by atoms with Gasteiger partial charge in [0.2, 0.25) is 0 Å². The largest absolute Gasteiger partial charge is 0.271 e. The van der Waals surface area contributed by atoms with Gasteiger partial charge in [-0.1, -0.05) is 24.3 Å². The molecule has 3 rings (SSSR count). The van der Waals surface area contributed by atoms with Crippen LogP contribution in [0.2, 0.25) is 0 Å². The molecule has 0 aliphatic heterocycles. The summed E-state index contributed by atoms with van der Waals surface area (Å²) in [5.74, 6) is 5.70. The van der Waals surface area contributed by atoms with E-state index in [0.29, 0.717) is 0 Å². The van der Waals surface area contributed by atoms with Crippen molar-refractivity contribution in [3.63, 3.8) is 0 Å². The molecule has 0 fully saturated rings. The summed E-state index contributed by atoms with van der Waals surface area (Å²) in [6, 6.07) is 15.1. The van der Waals surface area contributed by atoms with E-state index in [0.717, 1.165) is 6.42 Å². The molecular formula is C14H14N2S2. The van der Waals surface area contributed by atoms with E-state index in [-0.39, 0.29) is 6.04 Å². The van der Waals surface area contributed by atoms with Crippen LogP contribution < -0.4 is 11.3 Å². The van der Waals surface area contributed by atoms with Gasteiger partial charge in [0.1, 0.15) is 0 Å². The summed E-state index contributed by atoms with van der Waals surface area (Å²) in [5, 5.41) is 3.40. The summed E-state index contributed by atoms with van der Waals surface area (Å²) in [6.45, 7) is 0. The molecule has 2 aromatic heterocycles. The first kappa shape index (κ1) is 11.9. The average Bonchev–Trinajstić information content (AvgIpc) is 3.04. The molecule has 0 saturated heterocycles. The van der Waals surface area contributed by atoms with Crippen LogP contribution in [-0.4, -0.2) is 0 Å². The minimum Gasteiger partial charge on any atom is -0.271 e. The molecule has 0 saturated carbocycles. The molecule has 1 atom stereocenters. The number of hydrogen-bond donors (Lipinski definition) is 2. The van der Waals surface area contributed by atoms with Crippen molar-refractivity contribution in [3.05, 3.63) is 57.6 Å². The topological polar surface area (TPSA) is 38.0 Å². The zero-order valence-corrected chi connectivity index (χ0v) is 11.4. The lowest BCUT2D eigenvalue weighted by molar-refractivity contribution is 0.564. The van der Waals surface area contributed by atoms with Crippen LogP contribution in [0.5, 0.6) is 0 Å². The van der Waals surface area contributed by atoms with Gasteiger partial charge in [-0.05, 0) is 29.0 Å². The van der Waals surface area contributed by atoms with Crippen molar-refractivity contribution >= 4 is 32.8 Å². The average molecular weight is 274 g/mol. The molecule has 0 bridgehead atoms. The number of benzene rings is 1. The number of nitrogens with one attached hydrogen (secondary N) is 1. The van der Waals surface area contributed by atoms with Gasteiger partial charge in [-0.3, -0.25) is 11.3 Å². The predicted octanol–water partition coefficient (Wildman–Crippen LogP) is 3.71. The lowest BCUT2D eigenvalue weighted by Crippen LogP contribution is -2.28. The molecule has 2 heterocycles. The van der Waals surface area contributed by atoms with Gasteiger partial charge in [-0.25, -0.2) is 0 Å². The first-order valence-electron chi connectivity index (χ1n) is 5.84. The fraction of sp³-hybridized carbons (Fsp3) is 0.143. The molecule has 0 aliphatic rings. The summed E-state index contributed by atoms with van der Waals surface area (Å²) in [4.78, 5) is 2.66. The van der Waals surface area contributed by atoms with Crippen LogP contribution in [0.1, 0.15) is 15.8 Å². The predicted molar refractivity (Wildman–Crippen MR) is 79.9 cm³/mol. The second-order valence-electron chi connectivity index (χ2n) is 4.19. The zero-order chi connectivity index (χ0) is 12.4. The molecule has 3 aromatic rings. The van der Waals surface area contributed by atoms with Gasteiger partial charge in [-0.2, -0.15) is 0 Å². The number of rotatable bonds is 4. The number of nitrogens with two attached hydrogens (primary N) is 1. The molecule has 2 nitrogen and oxygen atoms in total. The number of hydrazine groups is 1. The smallest absolute Gasteiger partial charge is 0.0601 e. The Morgan fingerprint density at radius 2 is 2.06 bits per heavy atom. The van der Waals surface area contributed by atoms with Gasteiger partial charge in [0, 0.05) is 20.9 Å². The maximum Gasteiger partial charge on any atom is 0.0601 e. The molecular weight excluding hydrogens is 260 g/mol. The summed E-state index contributed by atoms with van der Waals surface area (Å²) in [5.41, 5.74) is 2.93. The van der Waals surface area contributed by atoms with E-state index < -0.39 is 0 Å². The van der Waals surface area contributed by atoms with Crippen LogP contribution in [0, 0.1) is 0 Å². The highest BCUT2D eigenvalue weighted by molar-refractivity contribution is 7.19. The fourth-order valence-electron chi connectivity index (χ4n) is 2.05. The summed E-state index contributed by atoms with van der Waals surface area (Å²) in [6.07, 6.45) is 0.945. The highest BCUT2D eigenvalue weighted by atomic mass is 32.1. The lowest BCUT2D eigenvalue weighted by atomic mass is 10.1. The molecule has 1 unspecified atom stereocenters. The van der Waals surface area contributed by atoms with Crippen LogP contribution in [0.25, 0.3) is 10.1 Å². The van der Waals surface area contributed by atoms with E-state index in [2.05, 4.69) is 53.3 Å². The van der Waals surface area contributed by atoms with Crippen molar-refractivity contribution in [2.75, 3.05) is 0 Å². The second-order valence-corrected chi connectivity index (χ2v) is 6.34. The quantitative estimate of drug-likeness (QED) is 0.562. The monoisotopic (exact) mass is 274 g/mol. The van der Waals surface area contributed by atoms with E-state index in [9.17, 15) is 0 Å². The minimum absolute atomic E-state index is 0.195. The first-order chi connectivity index (χ1) is 8.86. The zero-order valence-electron chi connectivity index (χ0n) is 9.80. The summed E-state index contributed by atoms with van der Waals surface area (Å²) >= 11 is 3.59. The highest BCUT2D eigenvalue weighted by Crippen LogP contribution is 2.31. The van der Waals surface area contributed by atoms with Gasteiger partial charge < -0.3 is 0 Å². The molecule has 0 radical (unpaired) electrons. The Kier molecular flexibility index (Phi) is 3.43. The summed E-state index contributed by atoms with van der Waals surface area (Å²) < 4.78 is 1.32. The third-order valence-electron chi connectivity index (χ3n) is 2.97. The Balaban J connectivity index is 1.90. The van der Waals surface area contributed by atoms with Crippen LogP contribution in [0.3, 0.4) is 0 Å². The van der Waals surface area contributed by atoms with Crippen LogP contribution in [0.15, 0.2) is 47.8 Å². The van der Waals surface area contributed by atoms with Crippen LogP contribution >= 0.6 is 22.7 Å². The third-order valence-corrected chi connectivity index (χ3v) is 5.10. The molecule has 92 valence electrons. The molecule has 1 aromatic carbocycles.